The van der Waals surface area contributed by atoms with E-state index in [4.69, 9.17) is 9.47 Å². The van der Waals surface area contributed by atoms with Crippen LogP contribution in [0.5, 0.6) is 11.5 Å². The van der Waals surface area contributed by atoms with Gasteiger partial charge in [0.05, 0.1) is 26.8 Å². The molecule has 0 aromatic heterocycles. The quantitative estimate of drug-likeness (QED) is 0.702. The van der Waals surface area contributed by atoms with Crippen molar-refractivity contribution in [2.75, 3.05) is 53.5 Å². The summed E-state index contributed by atoms with van der Waals surface area (Å²) in [4.78, 5) is 28.3. The largest absolute Gasteiger partial charge is 0.497 e. The zero-order valence-electron chi connectivity index (χ0n) is 17.3. The summed E-state index contributed by atoms with van der Waals surface area (Å²) in [6.07, 6.45) is 0.927. The molecule has 1 aliphatic rings. The second kappa shape index (κ2) is 10.8. The van der Waals surface area contributed by atoms with Crippen LogP contribution in [0, 0.1) is 0 Å². The molecule has 1 aromatic carbocycles. The summed E-state index contributed by atoms with van der Waals surface area (Å²) in [6, 6.07) is 5.19. The van der Waals surface area contributed by atoms with E-state index in [1.807, 2.05) is 32.0 Å². The van der Waals surface area contributed by atoms with Crippen molar-refractivity contribution in [2.24, 2.45) is 0 Å². The predicted molar refractivity (Wildman–Crippen MR) is 108 cm³/mol. The molecule has 0 bridgehead atoms. The molecular weight excluding hydrogens is 360 g/mol. The van der Waals surface area contributed by atoms with Crippen LogP contribution < -0.4 is 20.1 Å². The molecule has 1 atom stereocenters. The van der Waals surface area contributed by atoms with Gasteiger partial charge in [-0.05, 0) is 31.5 Å². The first kappa shape index (κ1) is 21.8. The number of benzene rings is 1. The molecule has 1 aliphatic heterocycles. The highest BCUT2D eigenvalue weighted by atomic mass is 16.5. The van der Waals surface area contributed by atoms with Crippen molar-refractivity contribution in [2.45, 2.75) is 26.3 Å². The van der Waals surface area contributed by atoms with Gasteiger partial charge in [0.15, 0.2) is 0 Å². The molecule has 8 nitrogen and oxygen atoms in total. The number of ether oxygens (including phenoxy) is 2. The number of piperazine rings is 1. The summed E-state index contributed by atoms with van der Waals surface area (Å²) >= 11 is 0. The van der Waals surface area contributed by atoms with Crippen molar-refractivity contribution in [1.82, 2.24) is 20.4 Å². The number of hydrogen-bond acceptors (Lipinski definition) is 5. The van der Waals surface area contributed by atoms with Crippen LogP contribution in [0.25, 0.3) is 0 Å². The zero-order valence-corrected chi connectivity index (χ0v) is 17.3. The predicted octanol–water partition coefficient (Wildman–Crippen LogP) is 1.62. The topological polar surface area (TPSA) is 83.1 Å². The lowest BCUT2D eigenvalue weighted by Gasteiger charge is -2.35. The number of methoxy groups -OCH3 is 2. The fourth-order valence-corrected chi connectivity index (χ4v) is 3.16. The highest BCUT2D eigenvalue weighted by Gasteiger charge is 2.24. The van der Waals surface area contributed by atoms with Gasteiger partial charge in [0, 0.05) is 38.3 Å². The number of hydrogen-bond donors (Lipinski definition) is 2. The van der Waals surface area contributed by atoms with Gasteiger partial charge in [-0.15, -0.1) is 0 Å². The Bertz CT molecular complexity index is 660. The van der Waals surface area contributed by atoms with Crippen LogP contribution in [0.15, 0.2) is 18.2 Å². The molecule has 0 saturated carbocycles. The van der Waals surface area contributed by atoms with Crippen LogP contribution in [0.2, 0.25) is 0 Å². The highest BCUT2D eigenvalue weighted by Crippen LogP contribution is 2.29. The summed E-state index contributed by atoms with van der Waals surface area (Å²) in [5.41, 5.74) is 0.862. The van der Waals surface area contributed by atoms with Crippen LogP contribution in [0.1, 0.15) is 31.9 Å². The molecule has 1 fully saturated rings. The van der Waals surface area contributed by atoms with Gasteiger partial charge in [-0.2, -0.15) is 0 Å². The SMILES string of the molecule is CCCNC(=O)CN1CCN(C(=O)NC(C)c2cc(OC)ccc2OC)CC1. The summed E-state index contributed by atoms with van der Waals surface area (Å²) in [6.45, 7) is 7.58. The van der Waals surface area contributed by atoms with Crippen LogP contribution >= 0.6 is 0 Å². The maximum absolute atomic E-state index is 12.7. The van der Waals surface area contributed by atoms with E-state index in [-0.39, 0.29) is 18.0 Å². The molecule has 1 aromatic rings. The maximum Gasteiger partial charge on any atom is 0.317 e. The number of rotatable bonds is 8. The maximum atomic E-state index is 12.7. The Morgan fingerprint density at radius 2 is 1.86 bits per heavy atom. The first-order valence-electron chi connectivity index (χ1n) is 9.74. The minimum Gasteiger partial charge on any atom is -0.497 e. The van der Waals surface area contributed by atoms with Gasteiger partial charge in [-0.1, -0.05) is 6.92 Å². The van der Waals surface area contributed by atoms with E-state index < -0.39 is 0 Å². The number of nitrogens with one attached hydrogen (secondary N) is 2. The normalized spacial score (nSPS) is 15.6. The van der Waals surface area contributed by atoms with Gasteiger partial charge in [0.25, 0.3) is 0 Å². The average Bonchev–Trinajstić information content (AvgIpc) is 2.72. The van der Waals surface area contributed by atoms with Crippen LogP contribution in [-0.4, -0.2) is 75.2 Å². The highest BCUT2D eigenvalue weighted by molar-refractivity contribution is 5.78. The van der Waals surface area contributed by atoms with Gasteiger partial charge in [0.2, 0.25) is 5.91 Å². The van der Waals surface area contributed by atoms with E-state index >= 15 is 0 Å². The minimum atomic E-state index is -0.226. The van der Waals surface area contributed by atoms with Crippen molar-refractivity contribution in [3.8, 4) is 11.5 Å². The monoisotopic (exact) mass is 392 g/mol. The molecule has 8 heteroatoms. The third-order valence-electron chi connectivity index (χ3n) is 4.84. The zero-order chi connectivity index (χ0) is 20.5. The third-order valence-corrected chi connectivity index (χ3v) is 4.84. The molecule has 0 spiro atoms. The van der Waals surface area contributed by atoms with Gasteiger partial charge < -0.3 is 25.0 Å². The smallest absolute Gasteiger partial charge is 0.317 e. The number of amides is 3. The minimum absolute atomic E-state index is 0.0403. The number of carbonyl (C=O) groups excluding carboxylic acids is 2. The summed E-state index contributed by atoms with van der Waals surface area (Å²) in [5, 5.41) is 5.91. The Hall–Kier alpha value is -2.48. The van der Waals surface area contributed by atoms with Gasteiger partial charge in [-0.3, -0.25) is 9.69 Å². The van der Waals surface area contributed by atoms with Gasteiger partial charge in [0.1, 0.15) is 11.5 Å². The molecule has 3 amide bonds. The first-order chi connectivity index (χ1) is 13.5. The molecule has 1 heterocycles. The Kier molecular flexibility index (Phi) is 8.38. The molecule has 1 saturated heterocycles. The van der Waals surface area contributed by atoms with Crippen LogP contribution in [-0.2, 0) is 4.79 Å². The third kappa shape index (κ3) is 6.02. The van der Waals surface area contributed by atoms with E-state index in [0.29, 0.717) is 50.8 Å². The van der Waals surface area contributed by atoms with Gasteiger partial charge in [-0.25, -0.2) is 4.79 Å². The van der Waals surface area contributed by atoms with Crippen molar-refractivity contribution >= 4 is 11.9 Å². The fourth-order valence-electron chi connectivity index (χ4n) is 3.16. The van der Waals surface area contributed by atoms with Crippen LogP contribution in [0.4, 0.5) is 4.79 Å². The standard InChI is InChI=1S/C20H32N4O4/c1-5-8-21-19(25)14-23-9-11-24(12-10-23)20(26)22-15(2)17-13-16(27-3)6-7-18(17)28-4/h6-7,13,15H,5,8-12,14H2,1-4H3,(H,21,25)(H,22,26). The molecule has 28 heavy (non-hydrogen) atoms. The lowest BCUT2D eigenvalue weighted by molar-refractivity contribution is -0.122. The van der Waals surface area contributed by atoms with Crippen LogP contribution in [0.3, 0.4) is 0 Å². The first-order valence-corrected chi connectivity index (χ1v) is 9.74. The van der Waals surface area contributed by atoms with E-state index in [0.717, 1.165) is 12.0 Å². The second-order valence-electron chi connectivity index (χ2n) is 6.89. The molecule has 2 N–H and O–H groups in total. The Balaban J connectivity index is 1.86. The van der Waals surface area contributed by atoms with Gasteiger partial charge >= 0.3 is 6.03 Å². The van der Waals surface area contributed by atoms with E-state index in [9.17, 15) is 9.59 Å². The Labute approximate surface area is 167 Å². The van der Waals surface area contributed by atoms with Crippen molar-refractivity contribution in [3.63, 3.8) is 0 Å². The van der Waals surface area contributed by atoms with Crippen molar-refractivity contribution in [1.29, 1.82) is 0 Å². The van der Waals surface area contributed by atoms with E-state index in [1.165, 1.54) is 0 Å². The molecular formula is C20H32N4O4. The summed E-state index contributed by atoms with van der Waals surface area (Å²) in [5.74, 6) is 1.46. The Morgan fingerprint density at radius 1 is 1.14 bits per heavy atom. The average molecular weight is 393 g/mol. The molecule has 156 valence electrons. The van der Waals surface area contributed by atoms with E-state index in [1.54, 1.807) is 19.1 Å². The number of nitrogens with zero attached hydrogens (tertiary/aromatic N) is 2. The fraction of sp³-hybridized carbons (Fsp3) is 0.600. The number of urea groups is 1. The Morgan fingerprint density at radius 3 is 2.46 bits per heavy atom. The molecule has 0 aliphatic carbocycles. The van der Waals surface area contributed by atoms with Crippen molar-refractivity contribution in [3.05, 3.63) is 23.8 Å². The summed E-state index contributed by atoms with van der Waals surface area (Å²) in [7, 11) is 3.21. The van der Waals surface area contributed by atoms with E-state index in [2.05, 4.69) is 15.5 Å². The molecule has 0 radical (unpaired) electrons. The number of carbonyl (C=O) groups is 2. The second-order valence-corrected chi connectivity index (χ2v) is 6.89. The lowest BCUT2D eigenvalue weighted by Crippen LogP contribution is -2.53. The summed E-state index contributed by atoms with van der Waals surface area (Å²) < 4.78 is 10.7. The lowest BCUT2D eigenvalue weighted by atomic mass is 10.1. The molecule has 2 rings (SSSR count). The van der Waals surface area contributed by atoms with Crippen molar-refractivity contribution < 1.29 is 19.1 Å². The molecule has 1 unspecified atom stereocenters.